The molecule has 4 aromatic rings. The Hall–Kier alpha value is -2.64. The summed E-state index contributed by atoms with van der Waals surface area (Å²) in [6, 6.07) is 14.8. The van der Waals surface area contributed by atoms with Crippen molar-refractivity contribution in [2.45, 2.75) is 24.5 Å². The number of sulfonamides is 1. The van der Waals surface area contributed by atoms with Crippen LogP contribution in [0.25, 0.3) is 16.9 Å². The van der Waals surface area contributed by atoms with Crippen molar-refractivity contribution in [3.05, 3.63) is 71.4 Å². The van der Waals surface area contributed by atoms with Crippen LogP contribution < -0.4 is 4.72 Å². The Morgan fingerprint density at radius 3 is 2.59 bits per heavy atom. The Morgan fingerprint density at radius 1 is 1.11 bits per heavy atom. The first-order valence-corrected chi connectivity index (χ1v) is 10.9. The molecule has 0 radical (unpaired) electrons. The molecule has 7 heteroatoms. The normalized spacial score (nSPS) is 11.8. The first-order chi connectivity index (χ1) is 12.9. The van der Waals surface area contributed by atoms with E-state index in [1.54, 1.807) is 18.2 Å². The van der Waals surface area contributed by atoms with Crippen LogP contribution in [0.2, 0.25) is 0 Å². The molecule has 3 heterocycles. The van der Waals surface area contributed by atoms with Crippen LogP contribution in [0.3, 0.4) is 0 Å². The number of pyridine rings is 1. The van der Waals surface area contributed by atoms with Gasteiger partial charge in [-0.15, -0.1) is 11.3 Å². The van der Waals surface area contributed by atoms with E-state index in [0.29, 0.717) is 9.90 Å². The fourth-order valence-electron chi connectivity index (χ4n) is 2.83. The zero-order valence-corrected chi connectivity index (χ0v) is 16.6. The van der Waals surface area contributed by atoms with Gasteiger partial charge in [-0.05, 0) is 55.3 Å². The quantitative estimate of drug-likeness (QED) is 0.529. The minimum absolute atomic E-state index is 0.333. The van der Waals surface area contributed by atoms with Crippen molar-refractivity contribution in [1.82, 2.24) is 9.38 Å². The lowest BCUT2D eigenvalue weighted by Crippen LogP contribution is -2.11. The van der Waals surface area contributed by atoms with Crippen LogP contribution in [0.5, 0.6) is 0 Å². The summed E-state index contributed by atoms with van der Waals surface area (Å²) in [5, 5.41) is 0. The molecule has 0 fully saturated rings. The molecule has 0 aliphatic heterocycles. The summed E-state index contributed by atoms with van der Waals surface area (Å²) in [6.45, 7) is 4.04. The number of rotatable bonds is 5. The largest absolute Gasteiger partial charge is 0.306 e. The summed E-state index contributed by atoms with van der Waals surface area (Å²) in [6.07, 6.45) is 4.77. The highest BCUT2D eigenvalue weighted by Gasteiger charge is 2.17. The van der Waals surface area contributed by atoms with Gasteiger partial charge in [0, 0.05) is 28.5 Å². The molecule has 0 bridgehead atoms. The van der Waals surface area contributed by atoms with Crippen LogP contribution in [0.15, 0.2) is 65.1 Å². The van der Waals surface area contributed by atoms with Gasteiger partial charge in [-0.25, -0.2) is 13.4 Å². The third-order valence-electron chi connectivity index (χ3n) is 4.30. The molecule has 4 rings (SSSR count). The Labute approximate surface area is 162 Å². The van der Waals surface area contributed by atoms with E-state index in [1.807, 2.05) is 61.0 Å². The van der Waals surface area contributed by atoms with Gasteiger partial charge in [0.2, 0.25) is 0 Å². The predicted octanol–water partition coefficient (Wildman–Crippen LogP) is 4.73. The van der Waals surface area contributed by atoms with E-state index < -0.39 is 10.0 Å². The number of fused-ring (bicyclic) bond motifs is 1. The molecular formula is C20H19N3O2S2. The van der Waals surface area contributed by atoms with Crippen molar-refractivity contribution in [1.29, 1.82) is 0 Å². The number of hydrogen-bond acceptors (Lipinski definition) is 4. The average Bonchev–Trinajstić information content (AvgIpc) is 3.29. The lowest BCUT2D eigenvalue weighted by Gasteiger charge is -2.06. The number of benzene rings is 1. The molecule has 0 saturated heterocycles. The van der Waals surface area contributed by atoms with E-state index >= 15 is 0 Å². The van der Waals surface area contributed by atoms with Crippen molar-refractivity contribution >= 4 is 32.7 Å². The van der Waals surface area contributed by atoms with E-state index in [2.05, 4.69) is 9.71 Å². The van der Waals surface area contributed by atoms with Crippen LogP contribution in [0.4, 0.5) is 5.69 Å². The molecule has 1 N–H and O–H groups in total. The van der Waals surface area contributed by atoms with Crippen molar-refractivity contribution in [2.24, 2.45) is 0 Å². The molecule has 0 aliphatic carbocycles. The molecule has 138 valence electrons. The molecule has 0 spiro atoms. The van der Waals surface area contributed by atoms with Crippen molar-refractivity contribution in [3.63, 3.8) is 0 Å². The second kappa shape index (κ2) is 6.83. The Balaban J connectivity index is 1.57. The van der Waals surface area contributed by atoms with E-state index in [4.69, 9.17) is 0 Å². The topological polar surface area (TPSA) is 63.5 Å². The highest BCUT2D eigenvalue weighted by atomic mass is 32.2. The highest BCUT2D eigenvalue weighted by Crippen LogP contribution is 2.26. The van der Waals surface area contributed by atoms with Gasteiger partial charge in [0.1, 0.15) is 9.86 Å². The summed E-state index contributed by atoms with van der Waals surface area (Å²) >= 11 is 1.30. The summed E-state index contributed by atoms with van der Waals surface area (Å²) < 4.78 is 30.0. The van der Waals surface area contributed by atoms with Gasteiger partial charge in [0.25, 0.3) is 10.0 Å². The summed E-state index contributed by atoms with van der Waals surface area (Å²) in [5.74, 6) is 0. The van der Waals surface area contributed by atoms with E-state index in [0.717, 1.165) is 33.8 Å². The van der Waals surface area contributed by atoms with Crippen LogP contribution in [-0.2, 0) is 16.4 Å². The van der Waals surface area contributed by atoms with E-state index in [1.165, 1.54) is 11.3 Å². The fraction of sp³-hybridized carbons (Fsp3) is 0.150. The fourth-order valence-corrected chi connectivity index (χ4v) is 5.18. The van der Waals surface area contributed by atoms with Crippen LogP contribution in [-0.4, -0.2) is 17.8 Å². The molecule has 0 unspecified atom stereocenters. The Bertz CT molecular complexity index is 1210. The van der Waals surface area contributed by atoms with Crippen LogP contribution in [0, 0.1) is 6.92 Å². The average molecular weight is 398 g/mol. The standard InChI is InChI=1S/C20H19N3O2S2/c1-3-17-8-9-20(26-17)27(24,25)22-16-6-4-15(5-7-16)18-13-23-11-10-14(2)12-19(23)21-18/h4-13,22H,3H2,1-2H3. The van der Waals surface area contributed by atoms with Gasteiger partial charge in [0.05, 0.1) is 5.69 Å². The number of imidazole rings is 1. The first-order valence-electron chi connectivity index (χ1n) is 8.62. The molecule has 0 aliphatic rings. The van der Waals surface area contributed by atoms with Gasteiger partial charge >= 0.3 is 0 Å². The Kier molecular flexibility index (Phi) is 4.49. The molecule has 0 atom stereocenters. The van der Waals surface area contributed by atoms with Crippen LogP contribution >= 0.6 is 11.3 Å². The minimum Gasteiger partial charge on any atom is -0.306 e. The second-order valence-electron chi connectivity index (χ2n) is 6.35. The first kappa shape index (κ1) is 17.8. The smallest absolute Gasteiger partial charge is 0.271 e. The second-order valence-corrected chi connectivity index (χ2v) is 9.43. The van der Waals surface area contributed by atoms with E-state index in [-0.39, 0.29) is 0 Å². The molecule has 27 heavy (non-hydrogen) atoms. The summed E-state index contributed by atoms with van der Waals surface area (Å²) in [7, 11) is -3.56. The molecule has 5 nitrogen and oxygen atoms in total. The van der Waals surface area contributed by atoms with E-state index in [9.17, 15) is 8.42 Å². The van der Waals surface area contributed by atoms with Crippen LogP contribution in [0.1, 0.15) is 17.4 Å². The number of nitrogens with zero attached hydrogens (tertiary/aromatic N) is 2. The predicted molar refractivity (Wildman–Crippen MR) is 110 cm³/mol. The maximum atomic E-state index is 12.5. The Morgan fingerprint density at radius 2 is 1.89 bits per heavy atom. The third-order valence-corrected chi connectivity index (χ3v) is 7.40. The summed E-state index contributed by atoms with van der Waals surface area (Å²) in [5.41, 5.74) is 4.36. The number of aryl methyl sites for hydroxylation is 2. The van der Waals surface area contributed by atoms with Gasteiger partial charge in [-0.1, -0.05) is 19.1 Å². The number of thiophene rings is 1. The maximum Gasteiger partial charge on any atom is 0.271 e. The molecular weight excluding hydrogens is 378 g/mol. The molecule has 1 aromatic carbocycles. The van der Waals surface area contributed by atoms with Gasteiger partial charge in [-0.2, -0.15) is 0 Å². The highest BCUT2D eigenvalue weighted by molar-refractivity contribution is 7.94. The number of nitrogens with one attached hydrogen (secondary N) is 1. The zero-order chi connectivity index (χ0) is 19.0. The van der Waals surface area contributed by atoms with Crippen molar-refractivity contribution < 1.29 is 8.42 Å². The number of hydrogen-bond donors (Lipinski definition) is 1. The lowest BCUT2D eigenvalue weighted by atomic mass is 10.1. The van der Waals surface area contributed by atoms with Gasteiger partial charge in [-0.3, -0.25) is 4.72 Å². The molecule has 0 saturated carbocycles. The SMILES string of the molecule is CCc1ccc(S(=O)(=O)Nc2ccc(-c3cn4ccc(C)cc4n3)cc2)s1. The van der Waals surface area contributed by atoms with Gasteiger partial charge < -0.3 is 4.40 Å². The monoisotopic (exact) mass is 397 g/mol. The van der Waals surface area contributed by atoms with Crippen molar-refractivity contribution in [2.75, 3.05) is 4.72 Å². The number of anilines is 1. The molecule has 0 amide bonds. The maximum absolute atomic E-state index is 12.5. The zero-order valence-electron chi connectivity index (χ0n) is 15.0. The third kappa shape index (κ3) is 3.61. The molecule has 3 aromatic heterocycles. The summed E-state index contributed by atoms with van der Waals surface area (Å²) in [4.78, 5) is 5.68. The minimum atomic E-state index is -3.56. The lowest BCUT2D eigenvalue weighted by molar-refractivity contribution is 0.603. The number of aromatic nitrogens is 2. The van der Waals surface area contributed by atoms with Gasteiger partial charge in [0.15, 0.2) is 0 Å². The van der Waals surface area contributed by atoms with Crippen molar-refractivity contribution in [3.8, 4) is 11.3 Å².